The molecule has 1 aromatic heterocycles. The van der Waals surface area contributed by atoms with Crippen LogP contribution in [0.1, 0.15) is 36.6 Å². The zero-order valence-electron chi connectivity index (χ0n) is 16.9. The number of hydrogen-bond donors (Lipinski definition) is 0. The van der Waals surface area contributed by atoms with E-state index in [4.69, 9.17) is 4.74 Å². The van der Waals surface area contributed by atoms with Crippen LogP contribution < -0.4 is 0 Å². The first kappa shape index (κ1) is 21.6. The maximum absolute atomic E-state index is 12.8. The molecule has 3 atom stereocenters. The second kappa shape index (κ2) is 9.65. The molecule has 2 aromatic rings. The largest absolute Gasteiger partial charge is 0.361 e. The van der Waals surface area contributed by atoms with E-state index in [1.54, 1.807) is 17.2 Å². The number of nitrogens with zero attached hydrogens (tertiary/aromatic N) is 5. The number of hydrogen-bond acceptors (Lipinski definition) is 5. The number of halogens is 3. The Balaban J connectivity index is 1.59. The maximum Gasteiger partial charge on any atom is 0.266 e. The molecule has 2 aliphatic rings. The molecule has 0 saturated carbocycles. The van der Waals surface area contributed by atoms with Crippen LogP contribution in [0.25, 0.3) is 0 Å². The average molecular weight is 490 g/mol. The normalized spacial score (nSPS) is 20.5. The second-order valence-electron chi connectivity index (χ2n) is 7.21. The van der Waals surface area contributed by atoms with Crippen LogP contribution in [-0.4, -0.2) is 40.2 Å². The van der Waals surface area contributed by atoms with Crippen molar-refractivity contribution in [1.82, 2.24) is 14.7 Å². The highest BCUT2D eigenvalue weighted by atomic mass is 79.9. The highest BCUT2D eigenvalue weighted by molar-refractivity contribution is 9.10. The molecule has 0 fully saturated rings. The summed E-state index contributed by atoms with van der Waals surface area (Å²) >= 11 is 3.46. The Labute approximate surface area is 187 Å². The van der Waals surface area contributed by atoms with Crippen molar-refractivity contribution in [3.63, 3.8) is 0 Å². The number of allylic oxidation sites excluding steroid dienone is 1. The van der Waals surface area contributed by atoms with Crippen LogP contribution in [0, 0.1) is 5.92 Å². The molecule has 6 nitrogen and oxygen atoms in total. The van der Waals surface area contributed by atoms with Gasteiger partial charge in [0.25, 0.3) is 6.08 Å². The minimum atomic E-state index is -1.70. The first-order chi connectivity index (χ1) is 15.1. The van der Waals surface area contributed by atoms with Gasteiger partial charge in [-0.15, -0.1) is 0 Å². The SMILES string of the molecule is CCOCN1C=CC2C1=NC=NC2c1cnn(C(CC=C(F)F)c2cccc(Br)c2)c1. The van der Waals surface area contributed by atoms with Gasteiger partial charge in [0.1, 0.15) is 18.9 Å². The molecule has 0 spiro atoms. The van der Waals surface area contributed by atoms with Crippen molar-refractivity contribution in [3.05, 3.63) is 76.7 Å². The summed E-state index contributed by atoms with van der Waals surface area (Å²) in [5.74, 6) is 0.864. The zero-order chi connectivity index (χ0) is 21.8. The second-order valence-corrected chi connectivity index (χ2v) is 8.13. The quantitative estimate of drug-likeness (QED) is 0.503. The Kier molecular flexibility index (Phi) is 6.72. The third-order valence-corrected chi connectivity index (χ3v) is 5.76. The van der Waals surface area contributed by atoms with Gasteiger partial charge in [-0.1, -0.05) is 34.1 Å². The smallest absolute Gasteiger partial charge is 0.266 e. The van der Waals surface area contributed by atoms with Gasteiger partial charge < -0.3 is 9.64 Å². The summed E-state index contributed by atoms with van der Waals surface area (Å²) in [5, 5.41) is 4.51. The third-order valence-electron chi connectivity index (χ3n) is 5.27. The summed E-state index contributed by atoms with van der Waals surface area (Å²) in [6.45, 7) is 3.01. The Hall–Kier alpha value is -2.65. The van der Waals surface area contributed by atoms with Crippen molar-refractivity contribution in [2.45, 2.75) is 25.4 Å². The molecular weight excluding hydrogens is 468 g/mol. The van der Waals surface area contributed by atoms with Crippen LogP contribution in [0.3, 0.4) is 0 Å². The molecule has 162 valence electrons. The van der Waals surface area contributed by atoms with Crippen molar-refractivity contribution in [3.8, 4) is 0 Å². The number of aliphatic imine (C=N–C) groups is 2. The number of aromatic nitrogens is 2. The topological polar surface area (TPSA) is 55.0 Å². The molecule has 0 radical (unpaired) electrons. The highest BCUT2D eigenvalue weighted by Crippen LogP contribution is 2.35. The fraction of sp³-hybridized carbons (Fsp3) is 0.318. The fourth-order valence-electron chi connectivity index (χ4n) is 3.79. The molecule has 0 amide bonds. The Bertz CT molecular complexity index is 1040. The van der Waals surface area contributed by atoms with Gasteiger partial charge in [0.05, 0.1) is 24.2 Å². The minimum Gasteiger partial charge on any atom is -0.361 e. The van der Waals surface area contributed by atoms with Gasteiger partial charge in [0, 0.05) is 29.0 Å². The third kappa shape index (κ3) is 4.83. The van der Waals surface area contributed by atoms with Gasteiger partial charge in [-0.3, -0.25) is 9.67 Å². The molecule has 2 aliphatic heterocycles. The summed E-state index contributed by atoms with van der Waals surface area (Å²) < 4.78 is 33.8. The van der Waals surface area contributed by atoms with E-state index in [0.29, 0.717) is 13.3 Å². The summed E-state index contributed by atoms with van der Waals surface area (Å²) in [5.41, 5.74) is 1.79. The Morgan fingerprint density at radius 2 is 2.23 bits per heavy atom. The van der Waals surface area contributed by atoms with Gasteiger partial charge in [-0.05, 0) is 37.1 Å². The van der Waals surface area contributed by atoms with Crippen LogP contribution in [0.15, 0.2) is 75.5 Å². The number of rotatable bonds is 8. The van der Waals surface area contributed by atoms with E-state index in [1.165, 1.54) is 0 Å². The van der Waals surface area contributed by atoms with E-state index in [1.807, 2.05) is 48.5 Å². The van der Waals surface area contributed by atoms with E-state index in [0.717, 1.165) is 27.5 Å². The standard InChI is InChI=1S/C22H22BrF2N5O/c1-2-31-14-29-9-8-18-21(26-13-27-22(18)29)16-11-28-30(12-16)19(6-7-20(24)25)15-4-3-5-17(23)10-15/h3-5,7-13,18-19,21H,2,6,14H2,1H3. The van der Waals surface area contributed by atoms with E-state index in [-0.39, 0.29) is 24.4 Å². The molecule has 9 heteroatoms. The number of amidine groups is 1. The highest BCUT2D eigenvalue weighted by Gasteiger charge is 2.35. The van der Waals surface area contributed by atoms with Crippen LogP contribution in [0.4, 0.5) is 8.78 Å². The molecule has 3 heterocycles. The summed E-state index contributed by atoms with van der Waals surface area (Å²) in [6.07, 6.45) is 8.59. The minimum absolute atomic E-state index is 0.0180. The number of fused-ring (bicyclic) bond motifs is 1. The molecule has 1 aromatic carbocycles. The first-order valence-corrected chi connectivity index (χ1v) is 10.8. The Morgan fingerprint density at radius 3 is 3.00 bits per heavy atom. The van der Waals surface area contributed by atoms with Gasteiger partial charge in [0.2, 0.25) is 0 Å². The van der Waals surface area contributed by atoms with Crippen molar-refractivity contribution in [2.24, 2.45) is 15.9 Å². The van der Waals surface area contributed by atoms with Crippen LogP contribution >= 0.6 is 15.9 Å². The molecule has 3 unspecified atom stereocenters. The van der Waals surface area contributed by atoms with Crippen molar-refractivity contribution < 1.29 is 13.5 Å². The monoisotopic (exact) mass is 489 g/mol. The predicted molar refractivity (Wildman–Crippen MR) is 119 cm³/mol. The van der Waals surface area contributed by atoms with Crippen LogP contribution in [0.2, 0.25) is 0 Å². The molecule has 0 aliphatic carbocycles. The lowest BCUT2D eigenvalue weighted by molar-refractivity contribution is 0.0942. The fourth-order valence-corrected chi connectivity index (χ4v) is 4.21. The zero-order valence-corrected chi connectivity index (χ0v) is 18.5. The van der Waals surface area contributed by atoms with Crippen LogP contribution in [-0.2, 0) is 4.74 Å². The van der Waals surface area contributed by atoms with Gasteiger partial charge in [-0.2, -0.15) is 13.9 Å². The van der Waals surface area contributed by atoms with Gasteiger partial charge in [0.15, 0.2) is 0 Å². The van der Waals surface area contributed by atoms with E-state index >= 15 is 0 Å². The van der Waals surface area contributed by atoms with E-state index < -0.39 is 6.08 Å². The molecular formula is C22H22BrF2N5O. The van der Waals surface area contributed by atoms with Crippen molar-refractivity contribution >= 4 is 28.1 Å². The summed E-state index contributed by atoms with van der Waals surface area (Å²) in [4.78, 5) is 11.0. The molecule has 0 saturated heterocycles. The number of ether oxygens (including phenoxy) is 1. The molecule has 31 heavy (non-hydrogen) atoms. The lowest BCUT2D eigenvalue weighted by Crippen LogP contribution is -2.32. The van der Waals surface area contributed by atoms with Crippen LogP contribution in [0.5, 0.6) is 0 Å². The maximum atomic E-state index is 12.8. The summed E-state index contributed by atoms with van der Waals surface area (Å²) in [7, 11) is 0. The average Bonchev–Trinajstić information content (AvgIpc) is 3.40. The predicted octanol–water partition coefficient (Wildman–Crippen LogP) is 5.33. The first-order valence-electron chi connectivity index (χ1n) is 9.99. The molecule has 0 N–H and O–H groups in total. The van der Waals surface area contributed by atoms with E-state index in [2.05, 4.69) is 37.1 Å². The lowest BCUT2D eigenvalue weighted by atomic mass is 9.94. The van der Waals surface area contributed by atoms with Crippen molar-refractivity contribution in [2.75, 3.05) is 13.3 Å². The van der Waals surface area contributed by atoms with Gasteiger partial charge in [-0.25, -0.2) is 4.99 Å². The van der Waals surface area contributed by atoms with Crippen molar-refractivity contribution in [1.29, 1.82) is 0 Å². The van der Waals surface area contributed by atoms with E-state index in [9.17, 15) is 8.78 Å². The number of benzene rings is 1. The van der Waals surface area contributed by atoms with Gasteiger partial charge >= 0.3 is 0 Å². The molecule has 4 rings (SSSR count). The summed E-state index contributed by atoms with van der Waals surface area (Å²) in [6, 6.07) is 7.08. The molecule has 0 bridgehead atoms. The Morgan fingerprint density at radius 1 is 1.35 bits per heavy atom. The lowest BCUT2D eigenvalue weighted by Gasteiger charge is -2.25.